The zero-order valence-corrected chi connectivity index (χ0v) is 14.3. The Morgan fingerprint density at radius 1 is 1.15 bits per heavy atom. The molecule has 0 aromatic heterocycles. The lowest BCUT2D eigenvalue weighted by Crippen LogP contribution is -2.26. The number of phenolic OH excluding ortho intramolecular Hbond substituents is 1. The van der Waals surface area contributed by atoms with Crippen LogP contribution in [0, 0.1) is 10.1 Å². The number of rotatable bonds is 8. The van der Waals surface area contributed by atoms with E-state index in [4.69, 9.17) is 0 Å². The van der Waals surface area contributed by atoms with Crippen LogP contribution in [0.1, 0.15) is 28.8 Å². The van der Waals surface area contributed by atoms with Gasteiger partial charge in [-0.05, 0) is 30.7 Å². The van der Waals surface area contributed by atoms with E-state index in [1.54, 1.807) is 18.2 Å². The maximum Gasteiger partial charge on any atom is 0.269 e. The standard InChI is InChI=1S/C18H18N4O5/c23-16-5-2-1-4-14(16)12-20-21-17(24)6-3-11-19-18(25)13-7-9-15(10-8-13)22(26)27/h1-2,4-5,7-10,12,23H,3,6,11H2,(H,19,25)(H,21,24). The maximum absolute atomic E-state index is 11.9. The normalized spacial score (nSPS) is 10.5. The highest BCUT2D eigenvalue weighted by molar-refractivity contribution is 5.94. The van der Waals surface area contributed by atoms with E-state index in [0.717, 1.165) is 0 Å². The first-order valence-electron chi connectivity index (χ1n) is 8.10. The molecular weight excluding hydrogens is 352 g/mol. The van der Waals surface area contributed by atoms with Crippen molar-refractivity contribution in [3.05, 3.63) is 69.8 Å². The average Bonchev–Trinajstić information content (AvgIpc) is 2.66. The van der Waals surface area contributed by atoms with Gasteiger partial charge in [-0.1, -0.05) is 12.1 Å². The van der Waals surface area contributed by atoms with E-state index < -0.39 is 4.92 Å². The molecule has 2 aromatic rings. The molecule has 0 atom stereocenters. The summed E-state index contributed by atoms with van der Waals surface area (Å²) in [6.07, 6.45) is 1.89. The van der Waals surface area contributed by atoms with Crippen molar-refractivity contribution in [1.82, 2.24) is 10.7 Å². The topological polar surface area (TPSA) is 134 Å². The molecule has 2 rings (SSSR count). The van der Waals surface area contributed by atoms with Gasteiger partial charge in [-0.3, -0.25) is 19.7 Å². The Bertz CT molecular complexity index is 849. The number of hydrazone groups is 1. The lowest BCUT2D eigenvalue weighted by atomic mass is 10.2. The monoisotopic (exact) mass is 370 g/mol. The molecule has 0 radical (unpaired) electrons. The molecule has 0 unspecified atom stereocenters. The molecule has 2 aromatic carbocycles. The quantitative estimate of drug-likeness (QED) is 0.283. The molecule has 27 heavy (non-hydrogen) atoms. The van der Waals surface area contributed by atoms with Crippen LogP contribution >= 0.6 is 0 Å². The second-order valence-electron chi connectivity index (χ2n) is 5.52. The van der Waals surface area contributed by atoms with Crippen LogP contribution < -0.4 is 10.7 Å². The maximum atomic E-state index is 11.9. The van der Waals surface area contributed by atoms with Crippen molar-refractivity contribution in [2.24, 2.45) is 5.10 Å². The van der Waals surface area contributed by atoms with Crippen LogP contribution in [0.15, 0.2) is 53.6 Å². The van der Waals surface area contributed by atoms with Crippen LogP contribution in [-0.4, -0.2) is 34.6 Å². The van der Waals surface area contributed by atoms with Gasteiger partial charge < -0.3 is 10.4 Å². The molecule has 3 N–H and O–H groups in total. The Kier molecular flexibility index (Phi) is 7.00. The van der Waals surface area contributed by atoms with Crippen LogP contribution in [0.25, 0.3) is 0 Å². The Labute approximate surface area is 154 Å². The lowest BCUT2D eigenvalue weighted by Gasteiger charge is -2.05. The highest BCUT2D eigenvalue weighted by atomic mass is 16.6. The van der Waals surface area contributed by atoms with Crippen molar-refractivity contribution in [3.63, 3.8) is 0 Å². The fraction of sp³-hybridized carbons (Fsp3) is 0.167. The third kappa shape index (κ3) is 6.24. The Hall–Kier alpha value is -3.75. The molecule has 0 fully saturated rings. The van der Waals surface area contributed by atoms with Gasteiger partial charge in [0.1, 0.15) is 5.75 Å². The number of carbonyl (C=O) groups excluding carboxylic acids is 2. The van der Waals surface area contributed by atoms with Crippen LogP contribution in [0.5, 0.6) is 5.75 Å². The van der Waals surface area contributed by atoms with Gasteiger partial charge in [-0.2, -0.15) is 5.10 Å². The number of nitro groups is 1. The van der Waals surface area contributed by atoms with E-state index in [-0.39, 0.29) is 36.2 Å². The molecule has 9 nitrogen and oxygen atoms in total. The number of benzene rings is 2. The summed E-state index contributed by atoms with van der Waals surface area (Å²) in [6, 6.07) is 11.8. The number of nitro benzene ring substituents is 1. The van der Waals surface area contributed by atoms with Crippen molar-refractivity contribution >= 4 is 23.7 Å². The number of carbonyl (C=O) groups is 2. The molecular formula is C18H18N4O5. The highest BCUT2D eigenvalue weighted by Gasteiger charge is 2.09. The van der Waals surface area contributed by atoms with Gasteiger partial charge in [-0.25, -0.2) is 5.43 Å². The summed E-state index contributed by atoms with van der Waals surface area (Å²) in [5, 5.41) is 26.5. The fourth-order valence-electron chi connectivity index (χ4n) is 2.11. The molecule has 0 aliphatic carbocycles. The fourth-order valence-corrected chi connectivity index (χ4v) is 2.11. The molecule has 0 aliphatic rings. The smallest absolute Gasteiger partial charge is 0.269 e. The molecule has 0 saturated heterocycles. The molecule has 140 valence electrons. The first-order chi connectivity index (χ1) is 13.0. The van der Waals surface area contributed by atoms with Crippen LogP contribution in [-0.2, 0) is 4.79 Å². The zero-order valence-electron chi connectivity index (χ0n) is 14.3. The minimum Gasteiger partial charge on any atom is -0.507 e. The van der Waals surface area contributed by atoms with Crippen molar-refractivity contribution in [2.75, 3.05) is 6.54 Å². The summed E-state index contributed by atoms with van der Waals surface area (Å²) in [6.45, 7) is 0.270. The SMILES string of the molecule is O=C(CCCNC(=O)c1ccc([N+](=O)[O-])cc1)NN=Cc1ccccc1O. The van der Waals surface area contributed by atoms with Gasteiger partial charge >= 0.3 is 0 Å². The third-order valence-electron chi connectivity index (χ3n) is 3.54. The van der Waals surface area contributed by atoms with E-state index in [0.29, 0.717) is 17.5 Å². The summed E-state index contributed by atoms with van der Waals surface area (Å²) in [5.41, 5.74) is 3.03. The predicted molar refractivity (Wildman–Crippen MR) is 98.5 cm³/mol. The summed E-state index contributed by atoms with van der Waals surface area (Å²) < 4.78 is 0. The number of amides is 2. The second-order valence-corrected chi connectivity index (χ2v) is 5.52. The number of non-ortho nitro benzene ring substituents is 1. The number of hydrogen-bond acceptors (Lipinski definition) is 6. The number of nitrogens with one attached hydrogen (secondary N) is 2. The van der Waals surface area contributed by atoms with Gasteiger partial charge in [-0.15, -0.1) is 0 Å². The van der Waals surface area contributed by atoms with E-state index >= 15 is 0 Å². The Morgan fingerprint density at radius 3 is 2.52 bits per heavy atom. The minimum absolute atomic E-state index is 0.0597. The lowest BCUT2D eigenvalue weighted by molar-refractivity contribution is -0.384. The molecule has 0 heterocycles. The first kappa shape index (κ1) is 19.6. The summed E-state index contributed by atoms with van der Waals surface area (Å²) in [4.78, 5) is 33.6. The predicted octanol–water partition coefficient (Wildman–Crippen LogP) is 1.96. The Balaban J connectivity index is 1.68. The number of para-hydroxylation sites is 1. The van der Waals surface area contributed by atoms with Gasteiger partial charge in [0.05, 0.1) is 11.1 Å². The second kappa shape index (κ2) is 9.66. The van der Waals surface area contributed by atoms with Crippen molar-refractivity contribution in [3.8, 4) is 5.75 Å². The highest BCUT2D eigenvalue weighted by Crippen LogP contribution is 2.13. The molecule has 0 bridgehead atoms. The first-order valence-corrected chi connectivity index (χ1v) is 8.10. The van der Waals surface area contributed by atoms with E-state index in [2.05, 4.69) is 15.8 Å². The van der Waals surface area contributed by atoms with Gasteiger partial charge in [0.25, 0.3) is 11.6 Å². The molecule has 9 heteroatoms. The zero-order chi connectivity index (χ0) is 19.6. The van der Waals surface area contributed by atoms with Crippen LogP contribution in [0.3, 0.4) is 0 Å². The summed E-state index contributed by atoms with van der Waals surface area (Å²) in [7, 11) is 0. The van der Waals surface area contributed by atoms with Crippen molar-refractivity contribution in [1.29, 1.82) is 0 Å². The molecule has 0 saturated carbocycles. The number of aromatic hydroxyl groups is 1. The summed E-state index contributed by atoms with van der Waals surface area (Å²) >= 11 is 0. The van der Waals surface area contributed by atoms with Crippen molar-refractivity contribution in [2.45, 2.75) is 12.8 Å². The number of phenols is 1. The largest absolute Gasteiger partial charge is 0.507 e. The molecule has 0 spiro atoms. The molecule has 0 aliphatic heterocycles. The van der Waals surface area contributed by atoms with Crippen molar-refractivity contribution < 1.29 is 19.6 Å². The molecule has 2 amide bonds. The third-order valence-corrected chi connectivity index (χ3v) is 3.54. The minimum atomic E-state index is -0.540. The van der Waals surface area contributed by atoms with Gasteiger partial charge in [0.2, 0.25) is 5.91 Å². The number of hydrogen-bond donors (Lipinski definition) is 3. The van der Waals surface area contributed by atoms with Gasteiger partial charge in [0.15, 0.2) is 0 Å². The van der Waals surface area contributed by atoms with E-state index in [1.165, 1.54) is 36.5 Å². The van der Waals surface area contributed by atoms with E-state index in [9.17, 15) is 24.8 Å². The Morgan fingerprint density at radius 2 is 1.85 bits per heavy atom. The van der Waals surface area contributed by atoms with Crippen LogP contribution in [0.4, 0.5) is 5.69 Å². The van der Waals surface area contributed by atoms with E-state index in [1.807, 2.05) is 0 Å². The number of nitrogens with zero attached hydrogens (tertiary/aromatic N) is 2. The van der Waals surface area contributed by atoms with Gasteiger partial charge in [0, 0.05) is 36.2 Å². The average molecular weight is 370 g/mol. The van der Waals surface area contributed by atoms with Crippen LogP contribution in [0.2, 0.25) is 0 Å². The summed E-state index contributed by atoms with van der Waals surface area (Å²) in [5.74, 6) is -0.640.